The van der Waals surface area contributed by atoms with E-state index >= 15 is 0 Å². The lowest BCUT2D eigenvalue weighted by Crippen LogP contribution is -2.47. The molecule has 0 spiro atoms. The van der Waals surface area contributed by atoms with Gasteiger partial charge in [0.15, 0.2) is 0 Å². The highest BCUT2D eigenvalue weighted by atomic mass is 16.5. The van der Waals surface area contributed by atoms with E-state index in [0.29, 0.717) is 19.8 Å². The van der Waals surface area contributed by atoms with Crippen LogP contribution in [-0.2, 0) is 14.3 Å². The molecule has 1 heterocycles. The van der Waals surface area contributed by atoms with Crippen LogP contribution in [0.2, 0.25) is 0 Å². The summed E-state index contributed by atoms with van der Waals surface area (Å²) in [5.41, 5.74) is 0. The molecule has 0 aromatic carbocycles. The van der Waals surface area contributed by atoms with E-state index in [1.54, 1.807) is 0 Å². The number of amides is 1. The van der Waals surface area contributed by atoms with E-state index in [2.05, 4.69) is 0 Å². The second-order valence-electron chi connectivity index (χ2n) is 4.10. The molecule has 0 bridgehead atoms. The summed E-state index contributed by atoms with van der Waals surface area (Å²) in [6, 6.07) is 0. The van der Waals surface area contributed by atoms with Gasteiger partial charge in [0.05, 0.1) is 6.10 Å². The second kappa shape index (κ2) is 6.86. The molecule has 94 valence electrons. The minimum atomic E-state index is -0.328. The van der Waals surface area contributed by atoms with Gasteiger partial charge >= 0.3 is 0 Å². The average molecular weight is 229 g/mol. The number of carbonyl (C=O) groups excluding carboxylic acids is 1. The highest BCUT2D eigenvalue weighted by Crippen LogP contribution is 2.14. The maximum absolute atomic E-state index is 12.0. The molecule has 0 aromatic rings. The number of rotatable bonds is 5. The van der Waals surface area contributed by atoms with Crippen molar-refractivity contribution in [2.75, 3.05) is 26.3 Å². The molecule has 0 N–H and O–H groups in total. The zero-order valence-corrected chi connectivity index (χ0v) is 10.6. The van der Waals surface area contributed by atoms with E-state index in [9.17, 15) is 4.79 Å². The third-order valence-electron chi connectivity index (χ3n) is 2.86. The van der Waals surface area contributed by atoms with Crippen molar-refractivity contribution in [2.24, 2.45) is 0 Å². The van der Waals surface area contributed by atoms with Crippen LogP contribution in [0.25, 0.3) is 0 Å². The Morgan fingerprint density at radius 3 is 2.81 bits per heavy atom. The van der Waals surface area contributed by atoms with Crippen LogP contribution in [0.15, 0.2) is 0 Å². The second-order valence-corrected chi connectivity index (χ2v) is 4.10. The molecule has 0 aliphatic carbocycles. The third-order valence-corrected chi connectivity index (χ3v) is 2.86. The van der Waals surface area contributed by atoms with Gasteiger partial charge < -0.3 is 14.4 Å². The molecule has 1 aliphatic heterocycles. The van der Waals surface area contributed by atoms with Gasteiger partial charge in [0, 0.05) is 26.3 Å². The summed E-state index contributed by atoms with van der Waals surface area (Å²) >= 11 is 0. The minimum Gasteiger partial charge on any atom is -0.377 e. The van der Waals surface area contributed by atoms with Crippen LogP contribution in [0.3, 0.4) is 0 Å². The van der Waals surface area contributed by atoms with Crippen LogP contribution in [0, 0.1) is 0 Å². The van der Waals surface area contributed by atoms with Crippen molar-refractivity contribution in [1.29, 1.82) is 0 Å². The SMILES string of the molecule is CCOC1CCCN(C(=O)C(C)OCC)C1. The van der Waals surface area contributed by atoms with Gasteiger partial charge in [0.1, 0.15) is 6.10 Å². The van der Waals surface area contributed by atoms with Gasteiger partial charge in [-0.2, -0.15) is 0 Å². The Labute approximate surface area is 97.9 Å². The van der Waals surface area contributed by atoms with Gasteiger partial charge in [-0.1, -0.05) is 0 Å². The summed E-state index contributed by atoms with van der Waals surface area (Å²) in [6.07, 6.45) is 1.96. The summed E-state index contributed by atoms with van der Waals surface area (Å²) in [6.45, 7) is 8.55. The topological polar surface area (TPSA) is 38.8 Å². The van der Waals surface area contributed by atoms with Crippen molar-refractivity contribution in [3.05, 3.63) is 0 Å². The fourth-order valence-electron chi connectivity index (χ4n) is 2.09. The fourth-order valence-corrected chi connectivity index (χ4v) is 2.09. The van der Waals surface area contributed by atoms with Crippen LogP contribution >= 0.6 is 0 Å². The lowest BCUT2D eigenvalue weighted by Gasteiger charge is -2.33. The lowest BCUT2D eigenvalue weighted by atomic mass is 10.1. The molecular weight excluding hydrogens is 206 g/mol. The molecule has 0 aromatic heterocycles. The highest BCUT2D eigenvalue weighted by Gasteiger charge is 2.26. The number of carbonyl (C=O) groups is 1. The molecule has 0 saturated carbocycles. The van der Waals surface area contributed by atoms with Crippen LogP contribution in [0.5, 0.6) is 0 Å². The van der Waals surface area contributed by atoms with E-state index < -0.39 is 0 Å². The maximum atomic E-state index is 12.0. The minimum absolute atomic E-state index is 0.0891. The molecule has 2 atom stereocenters. The van der Waals surface area contributed by atoms with Crippen molar-refractivity contribution in [2.45, 2.75) is 45.8 Å². The first kappa shape index (κ1) is 13.5. The Hall–Kier alpha value is -0.610. The summed E-state index contributed by atoms with van der Waals surface area (Å²) < 4.78 is 10.9. The van der Waals surface area contributed by atoms with E-state index in [1.807, 2.05) is 25.7 Å². The lowest BCUT2D eigenvalue weighted by molar-refractivity contribution is -0.146. The van der Waals surface area contributed by atoms with E-state index in [4.69, 9.17) is 9.47 Å². The van der Waals surface area contributed by atoms with Crippen molar-refractivity contribution in [3.63, 3.8) is 0 Å². The standard InChI is InChI=1S/C12H23NO3/c1-4-15-10(3)12(14)13-8-6-7-11(9-13)16-5-2/h10-11H,4-9H2,1-3H3. The molecule has 1 rings (SSSR count). The van der Waals surface area contributed by atoms with Crippen LogP contribution in [0.1, 0.15) is 33.6 Å². The number of hydrogen-bond donors (Lipinski definition) is 0. The molecule has 16 heavy (non-hydrogen) atoms. The predicted octanol–water partition coefficient (Wildman–Crippen LogP) is 1.44. The quantitative estimate of drug-likeness (QED) is 0.716. The Kier molecular flexibility index (Phi) is 5.77. The van der Waals surface area contributed by atoms with Crippen molar-refractivity contribution >= 4 is 5.91 Å². The number of piperidine rings is 1. The van der Waals surface area contributed by atoms with Gasteiger partial charge in [-0.3, -0.25) is 4.79 Å². The number of hydrogen-bond acceptors (Lipinski definition) is 3. The van der Waals surface area contributed by atoms with Gasteiger partial charge in [-0.05, 0) is 33.6 Å². The summed E-state index contributed by atoms with van der Waals surface area (Å²) in [5.74, 6) is 0.0891. The Morgan fingerprint density at radius 1 is 1.44 bits per heavy atom. The van der Waals surface area contributed by atoms with Gasteiger partial charge in [0.25, 0.3) is 5.91 Å². The largest absolute Gasteiger partial charge is 0.377 e. The normalized spacial score (nSPS) is 23.2. The molecule has 1 fully saturated rings. The van der Waals surface area contributed by atoms with Crippen LogP contribution in [0.4, 0.5) is 0 Å². The van der Waals surface area contributed by atoms with E-state index in [0.717, 1.165) is 19.4 Å². The molecule has 1 saturated heterocycles. The molecule has 1 aliphatic rings. The molecule has 4 nitrogen and oxygen atoms in total. The molecule has 0 radical (unpaired) electrons. The first-order valence-electron chi connectivity index (χ1n) is 6.21. The van der Waals surface area contributed by atoms with E-state index in [-0.39, 0.29) is 18.1 Å². The summed E-state index contributed by atoms with van der Waals surface area (Å²) in [7, 11) is 0. The maximum Gasteiger partial charge on any atom is 0.251 e. The Morgan fingerprint density at radius 2 is 2.19 bits per heavy atom. The van der Waals surface area contributed by atoms with Gasteiger partial charge in [0.2, 0.25) is 0 Å². The molecular formula is C12H23NO3. The summed E-state index contributed by atoms with van der Waals surface area (Å²) in [4.78, 5) is 13.8. The Balaban J connectivity index is 2.43. The summed E-state index contributed by atoms with van der Waals surface area (Å²) in [5, 5.41) is 0. The van der Waals surface area contributed by atoms with Gasteiger partial charge in [-0.25, -0.2) is 0 Å². The van der Waals surface area contributed by atoms with Crippen molar-refractivity contribution in [3.8, 4) is 0 Å². The Bertz CT molecular complexity index is 218. The molecule has 4 heteroatoms. The smallest absolute Gasteiger partial charge is 0.251 e. The number of likely N-dealkylation sites (tertiary alicyclic amines) is 1. The van der Waals surface area contributed by atoms with E-state index in [1.165, 1.54) is 0 Å². The van der Waals surface area contributed by atoms with Crippen LogP contribution < -0.4 is 0 Å². The predicted molar refractivity (Wildman–Crippen MR) is 62.3 cm³/mol. The first-order chi connectivity index (χ1) is 7.69. The van der Waals surface area contributed by atoms with Gasteiger partial charge in [-0.15, -0.1) is 0 Å². The fraction of sp³-hybridized carbons (Fsp3) is 0.917. The molecule has 1 amide bonds. The highest BCUT2D eigenvalue weighted by molar-refractivity contribution is 5.80. The average Bonchev–Trinajstić information content (AvgIpc) is 2.29. The monoisotopic (exact) mass is 229 g/mol. The zero-order valence-electron chi connectivity index (χ0n) is 10.6. The third kappa shape index (κ3) is 3.76. The first-order valence-corrected chi connectivity index (χ1v) is 6.21. The van der Waals surface area contributed by atoms with Crippen molar-refractivity contribution < 1.29 is 14.3 Å². The van der Waals surface area contributed by atoms with Crippen molar-refractivity contribution in [1.82, 2.24) is 4.90 Å². The zero-order chi connectivity index (χ0) is 12.0. The number of nitrogens with zero attached hydrogens (tertiary/aromatic N) is 1. The number of ether oxygens (including phenoxy) is 2. The van der Waals surface area contributed by atoms with Crippen LogP contribution in [-0.4, -0.2) is 49.3 Å². The molecule has 2 unspecified atom stereocenters.